The van der Waals surface area contributed by atoms with Crippen molar-refractivity contribution >= 4 is 28.9 Å². The van der Waals surface area contributed by atoms with E-state index in [1.54, 1.807) is 24.3 Å². The number of rotatable bonds is 5. The highest BCUT2D eigenvalue weighted by atomic mass is 16.2. The van der Waals surface area contributed by atoms with Crippen LogP contribution in [0.15, 0.2) is 48.5 Å². The molecule has 132 valence electrons. The molecule has 1 fully saturated rings. The molecule has 2 aromatic carbocycles. The van der Waals surface area contributed by atoms with Gasteiger partial charge in [-0.1, -0.05) is 6.07 Å². The molecule has 2 atom stereocenters. The van der Waals surface area contributed by atoms with Crippen molar-refractivity contribution in [2.45, 2.75) is 6.42 Å². The van der Waals surface area contributed by atoms with Gasteiger partial charge < -0.3 is 15.5 Å². The van der Waals surface area contributed by atoms with Crippen molar-refractivity contribution < 1.29 is 9.59 Å². The summed E-state index contributed by atoms with van der Waals surface area (Å²) in [6.45, 7) is 0. The molecule has 0 heterocycles. The van der Waals surface area contributed by atoms with Crippen LogP contribution in [-0.4, -0.2) is 25.9 Å². The van der Waals surface area contributed by atoms with Crippen LogP contribution in [0.5, 0.6) is 0 Å². The summed E-state index contributed by atoms with van der Waals surface area (Å²) in [4.78, 5) is 26.6. The molecule has 1 saturated carbocycles. The van der Waals surface area contributed by atoms with Crippen LogP contribution >= 0.6 is 0 Å². The maximum Gasteiger partial charge on any atom is 0.228 e. The van der Waals surface area contributed by atoms with Crippen LogP contribution in [0, 0.1) is 23.2 Å². The van der Waals surface area contributed by atoms with Gasteiger partial charge in [-0.15, -0.1) is 0 Å². The Bertz CT molecular complexity index is 868. The molecular weight excluding hydrogens is 328 g/mol. The second kappa shape index (κ2) is 7.28. The monoisotopic (exact) mass is 348 g/mol. The molecule has 2 aromatic rings. The van der Waals surface area contributed by atoms with Crippen LogP contribution in [-0.2, 0) is 9.59 Å². The van der Waals surface area contributed by atoms with E-state index in [0.717, 1.165) is 5.69 Å². The molecule has 26 heavy (non-hydrogen) atoms. The lowest BCUT2D eigenvalue weighted by molar-refractivity contribution is -0.122. The van der Waals surface area contributed by atoms with Gasteiger partial charge in [0.25, 0.3) is 0 Å². The van der Waals surface area contributed by atoms with Gasteiger partial charge in [0.05, 0.1) is 23.5 Å². The molecule has 2 unspecified atom stereocenters. The first-order chi connectivity index (χ1) is 12.5. The molecule has 2 N–H and O–H groups in total. The van der Waals surface area contributed by atoms with Gasteiger partial charge in [-0.25, -0.2) is 0 Å². The predicted octanol–water partition coefficient (Wildman–Crippen LogP) is 2.84. The van der Waals surface area contributed by atoms with Crippen molar-refractivity contribution in [3.63, 3.8) is 0 Å². The molecule has 2 amide bonds. The van der Waals surface area contributed by atoms with Crippen LogP contribution in [0.4, 0.5) is 17.1 Å². The zero-order chi connectivity index (χ0) is 18.7. The third-order valence-corrected chi connectivity index (χ3v) is 4.37. The summed E-state index contributed by atoms with van der Waals surface area (Å²) < 4.78 is 0. The minimum Gasteiger partial charge on any atom is -0.378 e. The second-order valence-electron chi connectivity index (χ2n) is 6.56. The number of amides is 2. The van der Waals surface area contributed by atoms with Crippen LogP contribution in [0.3, 0.4) is 0 Å². The summed E-state index contributed by atoms with van der Waals surface area (Å²) >= 11 is 0. The zero-order valence-electron chi connectivity index (χ0n) is 14.7. The van der Waals surface area contributed by atoms with Crippen molar-refractivity contribution in [2.24, 2.45) is 11.8 Å². The van der Waals surface area contributed by atoms with Gasteiger partial charge in [-0.2, -0.15) is 5.26 Å². The molecule has 1 aliphatic carbocycles. The number of nitrogens with one attached hydrogen (secondary N) is 2. The highest BCUT2D eigenvalue weighted by molar-refractivity contribution is 6.03. The summed E-state index contributed by atoms with van der Waals surface area (Å²) in [6, 6.07) is 16.3. The summed E-state index contributed by atoms with van der Waals surface area (Å²) in [6.07, 6.45) is 0.533. The topological polar surface area (TPSA) is 85.2 Å². The van der Waals surface area contributed by atoms with Crippen LogP contribution in [0.1, 0.15) is 12.0 Å². The number of carbonyl (C=O) groups is 2. The molecule has 3 rings (SSSR count). The molecule has 1 aliphatic rings. The molecule has 0 bridgehead atoms. The van der Waals surface area contributed by atoms with Gasteiger partial charge in [0.2, 0.25) is 11.8 Å². The first-order valence-electron chi connectivity index (χ1n) is 8.37. The Morgan fingerprint density at radius 3 is 2.19 bits per heavy atom. The van der Waals surface area contributed by atoms with Crippen molar-refractivity contribution in [3.8, 4) is 6.07 Å². The third kappa shape index (κ3) is 4.01. The lowest BCUT2D eigenvalue weighted by atomic mass is 10.2. The van der Waals surface area contributed by atoms with E-state index in [1.807, 2.05) is 49.3 Å². The molecule has 0 aliphatic heterocycles. The van der Waals surface area contributed by atoms with Crippen LogP contribution in [0.25, 0.3) is 0 Å². The quantitative estimate of drug-likeness (QED) is 0.870. The smallest absolute Gasteiger partial charge is 0.228 e. The average molecular weight is 348 g/mol. The Hall–Kier alpha value is -3.33. The molecule has 0 spiro atoms. The van der Waals surface area contributed by atoms with E-state index < -0.39 is 0 Å². The van der Waals surface area contributed by atoms with E-state index in [2.05, 4.69) is 10.6 Å². The number of anilines is 3. The number of carbonyl (C=O) groups excluding carboxylic acids is 2. The van der Waals surface area contributed by atoms with Gasteiger partial charge >= 0.3 is 0 Å². The predicted molar refractivity (Wildman–Crippen MR) is 101 cm³/mol. The number of nitrogens with zero attached hydrogens (tertiary/aromatic N) is 2. The summed E-state index contributed by atoms with van der Waals surface area (Å²) in [5.41, 5.74) is 2.81. The van der Waals surface area contributed by atoms with Gasteiger partial charge in [-0.05, 0) is 48.9 Å². The molecular formula is C20H20N4O2. The summed E-state index contributed by atoms with van der Waals surface area (Å²) in [5, 5.41) is 14.5. The number of benzene rings is 2. The van der Waals surface area contributed by atoms with Gasteiger partial charge in [0, 0.05) is 31.2 Å². The number of hydrogen-bond donors (Lipinski definition) is 2. The highest BCUT2D eigenvalue weighted by Crippen LogP contribution is 2.40. The fraction of sp³-hybridized carbons (Fsp3) is 0.250. The molecule has 0 aromatic heterocycles. The van der Waals surface area contributed by atoms with Crippen molar-refractivity contribution in [2.75, 3.05) is 29.6 Å². The summed E-state index contributed by atoms with van der Waals surface area (Å²) in [5.74, 6) is -0.985. The van der Waals surface area contributed by atoms with Gasteiger partial charge in [0.1, 0.15) is 0 Å². The molecule has 0 radical (unpaired) electrons. The largest absolute Gasteiger partial charge is 0.378 e. The Kier molecular flexibility index (Phi) is 4.90. The van der Waals surface area contributed by atoms with E-state index >= 15 is 0 Å². The molecule has 6 nitrogen and oxygen atoms in total. The standard InChI is InChI=1S/C20H20N4O2/c1-24(2)16-8-6-14(7-9-16)22-19(25)17-11-18(17)20(26)23-15-5-3-4-13(10-15)12-21/h3-10,17-18H,11H2,1-2H3,(H,22,25)(H,23,26). The Balaban J connectivity index is 1.54. The van der Waals surface area contributed by atoms with Crippen LogP contribution < -0.4 is 15.5 Å². The fourth-order valence-corrected chi connectivity index (χ4v) is 2.75. The van der Waals surface area contributed by atoms with E-state index in [-0.39, 0.29) is 23.7 Å². The first kappa shape index (κ1) is 17.5. The lowest BCUT2D eigenvalue weighted by Crippen LogP contribution is -2.20. The normalized spacial score (nSPS) is 17.7. The minimum atomic E-state index is -0.332. The first-order valence-corrected chi connectivity index (χ1v) is 8.37. The Morgan fingerprint density at radius 2 is 1.62 bits per heavy atom. The second-order valence-corrected chi connectivity index (χ2v) is 6.56. The van der Waals surface area contributed by atoms with E-state index in [4.69, 9.17) is 5.26 Å². The van der Waals surface area contributed by atoms with Gasteiger partial charge in [-0.3, -0.25) is 9.59 Å². The minimum absolute atomic E-state index is 0.145. The number of nitriles is 1. The average Bonchev–Trinajstić information content (AvgIpc) is 3.43. The lowest BCUT2D eigenvalue weighted by Gasteiger charge is -2.13. The maximum absolute atomic E-state index is 12.3. The fourth-order valence-electron chi connectivity index (χ4n) is 2.75. The van der Waals surface area contributed by atoms with Crippen molar-refractivity contribution in [1.29, 1.82) is 5.26 Å². The maximum atomic E-state index is 12.3. The SMILES string of the molecule is CN(C)c1ccc(NC(=O)C2CC2C(=O)Nc2cccc(C#N)c2)cc1. The van der Waals surface area contributed by atoms with E-state index in [1.165, 1.54) is 0 Å². The van der Waals surface area contributed by atoms with E-state index in [0.29, 0.717) is 23.4 Å². The molecule has 0 saturated heterocycles. The molecule has 6 heteroatoms. The van der Waals surface area contributed by atoms with E-state index in [9.17, 15) is 9.59 Å². The highest BCUT2D eigenvalue weighted by Gasteiger charge is 2.48. The van der Waals surface area contributed by atoms with Crippen molar-refractivity contribution in [1.82, 2.24) is 0 Å². The number of hydrogen-bond acceptors (Lipinski definition) is 4. The Labute approximate surface area is 152 Å². The van der Waals surface area contributed by atoms with Gasteiger partial charge in [0.15, 0.2) is 0 Å². The van der Waals surface area contributed by atoms with Crippen LogP contribution in [0.2, 0.25) is 0 Å². The van der Waals surface area contributed by atoms with Crippen molar-refractivity contribution in [3.05, 3.63) is 54.1 Å². The third-order valence-electron chi connectivity index (χ3n) is 4.37. The summed E-state index contributed by atoms with van der Waals surface area (Å²) in [7, 11) is 3.90. The Morgan fingerprint density at radius 1 is 1.00 bits per heavy atom. The zero-order valence-corrected chi connectivity index (χ0v) is 14.7.